The van der Waals surface area contributed by atoms with Crippen molar-refractivity contribution >= 4 is 29.1 Å². The second-order valence-electron chi connectivity index (χ2n) is 6.96. The molecule has 3 unspecified atom stereocenters. The van der Waals surface area contributed by atoms with Crippen LogP contribution in [0.4, 0.5) is 8.78 Å². The van der Waals surface area contributed by atoms with Gasteiger partial charge in [0.25, 0.3) is 0 Å². The fourth-order valence-corrected chi connectivity index (χ4v) is 4.36. The molecule has 6 nitrogen and oxygen atoms in total. The average molecular weight is 473 g/mol. The van der Waals surface area contributed by atoms with E-state index >= 15 is 0 Å². The van der Waals surface area contributed by atoms with Crippen LogP contribution in [0, 0.1) is 18.6 Å². The molecule has 4 atom stereocenters. The summed E-state index contributed by atoms with van der Waals surface area (Å²) in [5.74, 6) is -1.89. The molecule has 1 saturated heterocycles. The van der Waals surface area contributed by atoms with E-state index in [2.05, 4.69) is 5.32 Å². The Balaban J connectivity index is 1.70. The van der Waals surface area contributed by atoms with Gasteiger partial charge >= 0.3 is 0 Å². The Kier molecular flexibility index (Phi) is 8.15. The van der Waals surface area contributed by atoms with Crippen molar-refractivity contribution in [2.45, 2.75) is 35.8 Å². The van der Waals surface area contributed by atoms with Crippen molar-refractivity contribution in [2.75, 3.05) is 13.2 Å². The van der Waals surface area contributed by atoms with Gasteiger partial charge in [0.15, 0.2) is 17.9 Å². The highest BCUT2D eigenvalue weighted by Crippen LogP contribution is 2.33. The minimum atomic E-state index is -1.30. The van der Waals surface area contributed by atoms with Crippen molar-refractivity contribution < 1.29 is 28.5 Å². The highest BCUT2D eigenvalue weighted by molar-refractivity contribution is 7.99. The molecule has 1 heterocycles. The Labute approximate surface area is 188 Å². The smallest absolute Gasteiger partial charge is 0.184 e. The average Bonchev–Trinajstić information content (AvgIpc) is 2.73. The molecular weight excluding hydrogens is 450 g/mol. The van der Waals surface area contributed by atoms with Crippen molar-refractivity contribution in [1.29, 1.82) is 0 Å². The van der Waals surface area contributed by atoms with Crippen molar-refractivity contribution in [3.8, 4) is 0 Å². The van der Waals surface area contributed by atoms with E-state index in [1.807, 2.05) is 6.07 Å². The molecule has 31 heavy (non-hydrogen) atoms. The largest absolute Gasteiger partial charge is 0.397 e. The Morgan fingerprint density at radius 1 is 1.26 bits per heavy atom. The molecule has 1 aliphatic heterocycles. The Morgan fingerprint density at radius 2 is 2.03 bits per heavy atom. The second-order valence-corrected chi connectivity index (χ2v) is 8.57. The number of aliphatic hydroxyl groups is 2. The number of hydrogen-bond donors (Lipinski definition) is 4. The van der Waals surface area contributed by atoms with Crippen LogP contribution >= 0.6 is 23.4 Å². The fraction of sp³-hybridized carbons (Fsp3) is 0.333. The molecule has 0 aliphatic carbocycles. The molecule has 0 radical (unpaired) electrons. The number of aliphatic hydroxyl groups excluding tert-OH is 2. The number of ether oxygens (including phenoxy) is 2. The molecule has 0 saturated carbocycles. The van der Waals surface area contributed by atoms with E-state index in [-0.39, 0.29) is 17.8 Å². The Morgan fingerprint density at radius 3 is 2.71 bits per heavy atom. The highest BCUT2D eigenvalue weighted by atomic mass is 35.5. The number of hydrogen-bond acceptors (Lipinski definition) is 7. The van der Waals surface area contributed by atoms with Crippen LogP contribution in [0.25, 0.3) is 5.70 Å². The van der Waals surface area contributed by atoms with Gasteiger partial charge in [-0.2, -0.15) is 0 Å². The minimum absolute atomic E-state index is 0.145. The molecule has 2 aromatic carbocycles. The van der Waals surface area contributed by atoms with E-state index in [4.69, 9.17) is 26.8 Å². The standard InChI is InChI=1S/C21H23ClF2N2O4S/c1-11-5-12(6-15(23)19(11)24)16(25)8-26-9-17-21(30-18(10-27)20(28)29-17)31-14-4-2-3-13(22)7-14/h2-8,17-18,20-21,26-28H,9-10,25H2,1H3/b16-8-/t17-,18?,20?,21?/m0/s1. The number of benzene rings is 2. The van der Waals surface area contributed by atoms with Gasteiger partial charge in [0.05, 0.1) is 12.3 Å². The van der Waals surface area contributed by atoms with Crippen LogP contribution in [0.5, 0.6) is 0 Å². The SMILES string of the molecule is Cc1cc(/C(N)=C/NC[C@@H]2OC(O)C(CO)OC2Sc2cccc(Cl)c2)cc(F)c1F. The minimum Gasteiger partial charge on any atom is -0.397 e. The normalized spacial score (nSPS) is 24.3. The van der Waals surface area contributed by atoms with E-state index in [0.717, 1.165) is 11.0 Å². The maximum absolute atomic E-state index is 13.6. The van der Waals surface area contributed by atoms with Crippen LogP contribution in [0.15, 0.2) is 47.5 Å². The van der Waals surface area contributed by atoms with Crippen LogP contribution in [0.3, 0.4) is 0 Å². The van der Waals surface area contributed by atoms with Gasteiger partial charge in [-0.05, 0) is 42.8 Å². The Hall–Kier alpha value is -1.88. The zero-order valence-electron chi connectivity index (χ0n) is 16.6. The predicted molar refractivity (Wildman–Crippen MR) is 115 cm³/mol. The zero-order valence-corrected chi connectivity index (χ0v) is 18.2. The molecule has 0 spiro atoms. The summed E-state index contributed by atoms with van der Waals surface area (Å²) in [6.07, 6.45) is -1.36. The summed E-state index contributed by atoms with van der Waals surface area (Å²) in [7, 11) is 0. The van der Waals surface area contributed by atoms with Crippen molar-refractivity contribution in [3.63, 3.8) is 0 Å². The molecule has 0 aromatic heterocycles. The lowest BCUT2D eigenvalue weighted by Crippen LogP contribution is -2.52. The first-order valence-corrected chi connectivity index (χ1v) is 10.7. The van der Waals surface area contributed by atoms with Gasteiger partial charge in [-0.3, -0.25) is 0 Å². The van der Waals surface area contributed by atoms with E-state index in [1.54, 1.807) is 18.2 Å². The number of nitrogens with two attached hydrogens (primary N) is 1. The summed E-state index contributed by atoms with van der Waals surface area (Å²) in [6, 6.07) is 9.63. The van der Waals surface area contributed by atoms with Crippen molar-refractivity contribution in [2.24, 2.45) is 5.73 Å². The predicted octanol–water partition coefficient (Wildman–Crippen LogP) is 2.99. The number of thioether (sulfide) groups is 1. The lowest BCUT2D eigenvalue weighted by molar-refractivity contribution is -0.270. The molecule has 168 valence electrons. The molecule has 5 N–H and O–H groups in total. The maximum Gasteiger partial charge on any atom is 0.184 e. The van der Waals surface area contributed by atoms with E-state index < -0.39 is 42.2 Å². The summed E-state index contributed by atoms with van der Waals surface area (Å²) in [5.41, 5.74) is 6.09. The maximum atomic E-state index is 13.6. The zero-order chi connectivity index (χ0) is 22.5. The molecule has 1 fully saturated rings. The third-order valence-corrected chi connectivity index (χ3v) is 6.00. The lowest BCUT2D eigenvalue weighted by atomic mass is 10.1. The van der Waals surface area contributed by atoms with E-state index in [9.17, 15) is 19.0 Å². The second kappa shape index (κ2) is 10.6. The summed E-state index contributed by atoms with van der Waals surface area (Å²) in [5, 5.41) is 23.0. The molecule has 1 aliphatic rings. The van der Waals surface area contributed by atoms with Gasteiger partial charge in [-0.15, -0.1) is 0 Å². The van der Waals surface area contributed by atoms with E-state index in [1.165, 1.54) is 31.0 Å². The molecule has 10 heteroatoms. The topological polar surface area (TPSA) is 97.0 Å². The number of aryl methyl sites for hydroxylation is 1. The number of nitrogens with one attached hydrogen (secondary N) is 1. The van der Waals surface area contributed by atoms with Crippen molar-refractivity contribution in [1.82, 2.24) is 5.32 Å². The van der Waals surface area contributed by atoms with E-state index in [0.29, 0.717) is 10.6 Å². The molecule has 2 aromatic rings. The monoisotopic (exact) mass is 472 g/mol. The van der Waals surface area contributed by atoms with Gasteiger partial charge in [0, 0.05) is 28.2 Å². The first-order valence-electron chi connectivity index (χ1n) is 9.45. The third-order valence-electron chi connectivity index (χ3n) is 4.59. The van der Waals surface area contributed by atoms with Crippen LogP contribution in [-0.2, 0) is 9.47 Å². The van der Waals surface area contributed by atoms with Crippen LogP contribution in [0.2, 0.25) is 5.02 Å². The number of halogens is 3. The third kappa shape index (κ3) is 6.09. The van der Waals surface area contributed by atoms with Gasteiger partial charge in [0.1, 0.15) is 17.6 Å². The lowest BCUT2D eigenvalue weighted by Gasteiger charge is -2.38. The van der Waals surface area contributed by atoms with Gasteiger partial charge in [-0.25, -0.2) is 8.78 Å². The van der Waals surface area contributed by atoms with Crippen molar-refractivity contribution in [3.05, 3.63) is 70.4 Å². The summed E-state index contributed by atoms with van der Waals surface area (Å²) >= 11 is 7.37. The van der Waals surface area contributed by atoms with Gasteiger partial charge in [0.2, 0.25) is 0 Å². The fourth-order valence-electron chi connectivity index (χ4n) is 2.98. The van der Waals surface area contributed by atoms with Gasteiger partial charge < -0.3 is 30.7 Å². The van der Waals surface area contributed by atoms with Crippen LogP contribution < -0.4 is 11.1 Å². The summed E-state index contributed by atoms with van der Waals surface area (Å²) in [6.45, 7) is 1.24. The molecule has 0 bridgehead atoms. The Bertz CT molecular complexity index is 926. The summed E-state index contributed by atoms with van der Waals surface area (Å²) in [4.78, 5) is 0.825. The van der Waals surface area contributed by atoms with Gasteiger partial charge in [-0.1, -0.05) is 29.4 Å². The number of rotatable bonds is 7. The van der Waals surface area contributed by atoms with Crippen LogP contribution in [-0.4, -0.2) is 47.3 Å². The molecule has 3 rings (SSSR count). The van der Waals surface area contributed by atoms with Crippen LogP contribution in [0.1, 0.15) is 11.1 Å². The highest BCUT2D eigenvalue weighted by Gasteiger charge is 2.38. The molecular formula is C21H23ClF2N2O4S. The molecule has 0 amide bonds. The summed E-state index contributed by atoms with van der Waals surface area (Å²) < 4.78 is 38.5. The first-order chi connectivity index (χ1) is 14.8. The quantitative estimate of drug-likeness (QED) is 0.492. The first kappa shape index (κ1) is 23.8.